The van der Waals surface area contributed by atoms with Crippen molar-refractivity contribution in [3.8, 4) is 0 Å². The molecular weight excluding hydrogens is 454 g/mol. The quantitative estimate of drug-likeness (QED) is 0.290. The highest BCUT2D eigenvalue weighted by Gasteiger charge is 2.61. The van der Waals surface area contributed by atoms with Crippen molar-refractivity contribution >= 4 is 29.6 Å². The standard InChI is InChI=1S/C24H37N5O6/c1-14(2)18(28-22(34)35-23(3,4)5)19(31)29-24(12-16(24)10-11-26-21(25)33)20(32)27-17-8-6-15(13-30)7-9-17/h6-9,14,16,18,30H,10-13H2,1-5H3,(H,27,32)(H,28,34)(H,29,31)(H3,25,26,33)/t16?,18-,24?/m0/s1. The molecule has 194 valence electrons. The molecule has 1 aliphatic carbocycles. The third kappa shape index (κ3) is 8.13. The van der Waals surface area contributed by atoms with Gasteiger partial charge in [-0.1, -0.05) is 26.0 Å². The minimum absolute atomic E-state index is 0.121. The molecule has 1 aliphatic rings. The first kappa shape index (κ1) is 27.9. The number of amides is 5. The highest BCUT2D eigenvalue weighted by molar-refractivity contribution is 6.04. The van der Waals surface area contributed by atoms with Crippen molar-refractivity contribution in [3.05, 3.63) is 29.8 Å². The fraction of sp³-hybridized carbons (Fsp3) is 0.583. The fourth-order valence-corrected chi connectivity index (χ4v) is 3.74. The van der Waals surface area contributed by atoms with Gasteiger partial charge < -0.3 is 36.8 Å². The fourth-order valence-electron chi connectivity index (χ4n) is 3.74. The zero-order valence-corrected chi connectivity index (χ0v) is 20.9. The summed E-state index contributed by atoms with van der Waals surface area (Å²) < 4.78 is 5.28. The van der Waals surface area contributed by atoms with Crippen LogP contribution in [0.5, 0.6) is 0 Å². The summed E-state index contributed by atoms with van der Waals surface area (Å²) in [5.74, 6) is -1.44. The maximum atomic E-state index is 13.3. The van der Waals surface area contributed by atoms with Crippen molar-refractivity contribution in [3.63, 3.8) is 0 Å². The molecule has 0 radical (unpaired) electrons. The van der Waals surface area contributed by atoms with Gasteiger partial charge in [-0.05, 0) is 63.1 Å². The lowest BCUT2D eigenvalue weighted by Crippen LogP contribution is -2.57. The lowest BCUT2D eigenvalue weighted by Gasteiger charge is -2.27. The lowest BCUT2D eigenvalue weighted by atomic mass is 10.0. The monoisotopic (exact) mass is 491 g/mol. The Balaban J connectivity index is 2.17. The zero-order chi connectivity index (χ0) is 26.4. The van der Waals surface area contributed by atoms with Gasteiger partial charge >= 0.3 is 12.1 Å². The molecule has 1 aromatic rings. The Labute approximate surface area is 205 Å². The van der Waals surface area contributed by atoms with Gasteiger partial charge in [-0.2, -0.15) is 0 Å². The first-order chi connectivity index (χ1) is 16.3. The van der Waals surface area contributed by atoms with E-state index in [1.807, 2.05) is 0 Å². The minimum atomic E-state index is -1.21. The van der Waals surface area contributed by atoms with Gasteiger partial charge in [0.05, 0.1) is 6.61 Å². The Bertz CT molecular complexity index is 927. The van der Waals surface area contributed by atoms with E-state index in [9.17, 15) is 24.3 Å². The summed E-state index contributed by atoms with van der Waals surface area (Å²) in [6, 6.07) is 5.08. The van der Waals surface area contributed by atoms with E-state index >= 15 is 0 Å². The summed E-state index contributed by atoms with van der Waals surface area (Å²) >= 11 is 0. The van der Waals surface area contributed by atoms with E-state index in [0.29, 0.717) is 24.1 Å². The molecular formula is C24H37N5O6. The second kappa shape index (κ2) is 11.4. The molecule has 3 atom stereocenters. The molecule has 0 aromatic heterocycles. The molecule has 2 unspecified atom stereocenters. The molecule has 2 rings (SSSR count). The number of nitrogens with two attached hydrogens (primary N) is 1. The molecule has 5 amide bonds. The van der Waals surface area contributed by atoms with Crippen molar-refractivity contribution in [2.45, 2.75) is 71.2 Å². The molecule has 35 heavy (non-hydrogen) atoms. The Hall–Kier alpha value is -3.34. The summed E-state index contributed by atoms with van der Waals surface area (Å²) in [5, 5.41) is 20.0. The van der Waals surface area contributed by atoms with E-state index in [4.69, 9.17) is 10.5 Å². The molecule has 0 spiro atoms. The van der Waals surface area contributed by atoms with Gasteiger partial charge in [0.25, 0.3) is 0 Å². The average Bonchev–Trinajstić information content (AvgIpc) is 3.44. The number of primary amides is 1. The number of nitrogens with one attached hydrogen (secondary N) is 4. The van der Waals surface area contributed by atoms with E-state index in [1.165, 1.54) is 0 Å². The molecule has 1 fully saturated rings. The van der Waals surface area contributed by atoms with Crippen LogP contribution in [0.15, 0.2) is 24.3 Å². The molecule has 0 aliphatic heterocycles. The van der Waals surface area contributed by atoms with Crippen LogP contribution in [0.4, 0.5) is 15.3 Å². The van der Waals surface area contributed by atoms with Gasteiger partial charge in [-0.3, -0.25) is 9.59 Å². The predicted molar refractivity (Wildman–Crippen MR) is 130 cm³/mol. The van der Waals surface area contributed by atoms with E-state index in [2.05, 4.69) is 21.3 Å². The van der Waals surface area contributed by atoms with Crippen molar-refractivity contribution in [1.29, 1.82) is 0 Å². The van der Waals surface area contributed by atoms with E-state index in [-0.39, 0.29) is 25.0 Å². The number of benzene rings is 1. The maximum Gasteiger partial charge on any atom is 0.408 e. The molecule has 0 saturated heterocycles. The third-order valence-corrected chi connectivity index (χ3v) is 5.66. The van der Waals surface area contributed by atoms with Gasteiger partial charge in [0, 0.05) is 12.2 Å². The number of aliphatic hydroxyl groups is 1. The van der Waals surface area contributed by atoms with Gasteiger partial charge in [-0.25, -0.2) is 9.59 Å². The summed E-state index contributed by atoms with van der Waals surface area (Å²) in [7, 11) is 0. The number of hydrogen-bond donors (Lipinski definition) is 6. The normalized spacial score (nSPS) is 19.9. The van der Waals surface area contributed by atoms with Gasteiger partial charge in [-0.15, -0.1) is 0 Å². The highest BCUT2D eigenvalue weighted by atomic mass is 16.6. The number of alkyl carbamates (subject to hydrolysis) is 1. The topological polar surface area (TPSA) is 172 Å². The summed E-state index contributed by atoms with van der Waals surface area (Å²) in [5.41, 5.74) is 4.38. The number of carbonyl (C=O) groups is 4. The van der Waals surface area contributed by atoms with Gasteiger partial charge in [0.1, 0.15) is 17.2 Å². The number of hydrogen-bond acceptors (Lipinski definition) is 6. The van der Waals surface area contributed by atoms with Crippen LogP contribution in [0.25, 0.3) is 0 Å². The Kier molecular flexibility index (Phi) is 9.08. The smallest absolute Gasteiger partial charge is 0.408 e. The molecule has 0 bridgehead atoms. The van der Waals surface area contributed by atoms with Crippen molar-refractivity contribution in [1.82, 2.24) is 16.0 Å². The van der Waals surface area contributed by atoms with Crippen LogP contribution in [-0.4, -0.2) is 52.8 Å². The van der Waals surface area contributed by atoms with Gasteiger partial charge in [0.15, 0.2) is 0 Å². The van der Waals surface area contributed by atoms with E-state index in [1.54, 1.807) is 58.9 Å². The Morgan fingerprint density at radius 3 is 2.31 bits per heavy atom. The molecule has 7 N–H and O–H groups in total. The summed E-state index contributed by atoms with van der Waals surface area (Å²) in [4.78, 5) is 49.8. The van der Waals surface area contributed by atoms with Crippen molar-refractivity contribution in [2.24, 2.45) is 17.6 Å². The average molecular weight is 492 g/mol. The molecule has 11 heteroatoms. The van der Waals surface area contributed by atoms with Crippen molar-refractivity contribution in [2.75, 3.05) is 11.9 Å². The van der Waals surface area contributed by atoms with E-state index < -0.39 is 41.1 Å². The second-order valence-electron chi connectivity index (χ2n) is 10.1. The van der Waals surface area contributed by atoms with Crippen LogP contribution in [0.3, 0.4) is 0 Å². The molecule has 0 heterocycles. The summed E-state index contributed by atoms with van der Waals surface area (Å²) in [6.07, 6.45) is 0.0509. The largest absolute Gasteiger partial charge is 0.444 e. The van der Waals surface area contributed by atoms with E-state index in [0.717, 1.165) is 0 Å². The van der Waals surface area contributed by atoms with Crippen LogP contribution in [0, 0.1) is 11.8 Å². The van der Waals surface area contributed by atoms with Crippen LogP contribution < -0.4 is 27.0 Å². The Morgan fingerprint density at radius 1 is 1.17 bits per heavy atom. The number of ether oxygens (including phenoxy) is 1. The first-order valence-electron chi connectivity index (χ1n) is 11.6. The minimum Gasteiger partial charge on any atom is -0.444 e. The second-order valence-corrected chi connectivity index (χ2v) is 10.1. The van der Waals surface area contributed by atoms with Crippen LogP contribution >= 0.6 is 0 Å². The van der Waals surface area contributed by atoms with Crippen LogP contribution in [-0.2, 0) is 20.9 Å². The zero-order valence-electron chi connectivity index (χ0n) is 20.9. The van der Waals surface area contributed by atoms with Crippen LogP contribution in [0.1, 0.15) is 53.0 Å². The lowest BCUT2D eigenvalue weighted by molar-refractivity contribution is -0.129. The number of carbonyl (C=O) groups excluding carboxylic acids is 4. The first-order valence-corrected chi connectivity index (χ1v) is 11.6. The molecule has 1 aromatic carbocycles. The predicted octanol–water partition coefficient (Wildman–Crippen LogP) is 1.60. The van der Waals surface area contributed by atoms with Crippen molar-refractivity contribution < 1.29 is 29.0 Å². The molecule has 11 nitrogen and oxygen atoms in total. The SMILES string of the molecule is CC(C)[C@H](NC(=O)OC(C)(C)C)C(=O)NC1(C(=O)Nc2ccc(CO)cc2)CC1CCNC(N)=O. The molecule has 1 saturated carbocycles. The number of aliphatic hydroxyl groups excluding tert-OH is 1. The third-order valence-electron chi connectivity index (χ3n) is 5.66. The highest BCUT2D eigenvalue weighted by Crippen LogP contribution is 2.46. The van der Waals surface area contributed by atoms with Crippen LogP contribution in [0.2, 0.25) is 0 Å². The number of rotatable bonds is 10. The summed E-state index contributed by atoms with van der Waals surface area (Å²) in [6.45, 7) is 8.84. The number of anilines is 1. The Morgan fingerprint density at radius 2 is 1.80 bits per heavy atom. The maximum absolute atomic E-state index is 13.3. The van der Waals surface area contributed by atoms with Gasteiger partial charge in [0.2, 0.25) is 11.8 Å². The number of urea groups is 1.